The lowest BCUT2D eigenvalue weighted by Gasteiger charge is -2.11. The van der Waals surface area contributed by atoms with Gasteiger partial charge in [-0.25, -0.2) is 13.4 Å². The van der Waals surface area contributed by atoms with Gasteiger partial charge in [0.1, 0.15) is 10.9 Å². The molecule has 1 unspecified atom stereocenters. The fourth-order valence-corrected chi connectivity index (χ4v) is 2.88. The van der Waals surface area contributed by atoms with E-state index in [1.165, 1.54) is 26.3 Å². The van der Waals surface area contributed by atoms with E-state index in [-0.39, 0.29) is 17.2 Å². The third kappa shape index (κ3) is 2.63. The van der Waals surface area contributed by atoms with Crippen LogP contribution in [-0.4, -0.2) is 50.3 Å². The zero-order chi connectivity index (χ0) is 14.9. The average molecular weight is 299 g/mol. The van der Waals surface area contributed by atoms with Crippen LogP contribution in [0.3, 0.4) is 0 Å². The number of amides is 2. The molecule has 0 bridgehead atoms. The third-order valence-electron chi connectivity index (χ3n) is 2.91. The van der Waals surface area contributed by atoms with E-state index in [0.717, 1.165) is 11.1 Å². The highest BCUT2D eigenvalue weighted by molar-refractivity contribution is 7.89. The number of methoxy groups -OCH3 is 1. The molecule has 9 heteroatoms. The predicted molar refractivity (Wildman–Crippen MR) is 67.3 cm³/mol. The number of ether oxygens (including phenoxy) is 1. The number of nitrogens with zero attached hydrogens (tertiary/aromatic N) is 2. The van der Waals surface area contributed by atoms with E-state index in [2.05, 4.69) is 9.71 Å². The standard InChI is InChI=1S/C11H13N3O5S/c1-14-10(15)5-8(11(14)16)13-20(17,18)7-3-4-9(19-2)12-6-7/h3-4,6,8,13H,5H2,1-2H3. The van der Waals surface area contributed by atoms with E-state index >= 15 is 0 Å². The summed E-state index contributed by atoms with van der Waals surface area (Å²) in [5.41, 5.74) is 0. The highest BCUT2D eigenvalue weighted by atomic mass is 32.2. The monoisotopic (exact) mass is 299 g/mol. The van der Waals surface area contributed by atoms with Crippen molar-refractivity contribution in [2.45, 2.75) is 17.4 Å². The molecule has 1 N–H and O–H groups in total. The second kappa shape index (κ2) is 5.17. The van der Waals surface area contributed by atoms with Gasteiger partial charge in [0, 0.05) is 13.1 Å². The summed E-state index contributed by atoms with van der Waals surface area (Å²) in [7, 11) is -1.19. The summed E-state index contributed by atoms with van der Waals surface area (Å²) >= 11 is 0. The maximum Gasteiger partial charge on any atom is 0.247 e. The summed E-state index contributed by atoms with van der Waals surface area (Å²) in [6.07, 6.45) is 0.935. The highest BCUT2D eigenvalue weighted by Crippen LogP contribution is 2.16. The number of pyridine rings is 1. The second-order valence-corrected chi connectivity index (χ2v) is 5.92. The van der Waals surface area contributed by atoms with Gasteiger partial charge >= 0.3 is 0 Å². The van der Waals surface area contributed by atoms with Crippen molar-refractivity contribution >= 4 is 21.8 Å². The molecule has 108 valence electrons. The van der Waals surface area contributed by atoms with Crippen molar-refractivity contribution < 1.29 is 22.7 Å². The Morgan fingerprint density at radius 2 is 2.10 bits per heavy atom. The number of carbonyl (C=O) groups is 2. The number of sulfonamides is 1. The van der Waals surface area contributed by atoms with Crippen LogP contribution in [0.1, 0.15) is 6.42 Å². The van der Waals surface area contributed by atoms with Crippen LogP contribution in [0.25, 0.3) is 0 Å². The SMILES string of the molecule is COc1ccc(S(=O)(=O)NC2CC(=O)N(C)C2=O)cn1. The summed E-state index contributed by atoms with van der Waals surface area (Å²) in [5, 5.41) is 0. The van der Waals surface area contributed by atoms with Crippen molar-refractivity contribution in [3.05, 3.63) is 18.3 Å². The van der Waals surface area contributed by atoms with Gasteiger partial charge < -0.3 is 4.74 Å². The number of imide groups is 1. The lowest BCUT2D eigenvalue weighted by molar-refractivity contribution is -0.137. The average Bonchev–Trinajstić information content (AvgIpc) is 2.66. The van der Waals surface area contributed by atoms with Crippen molar-refractivity contribution in [2.24, 2.45) is 0 Å². The first-order valence-electron chi connectivity index (χ1n) is 5.68. The van der Waals surface area contributed by atoms with Gasteiger partial charge in [0.05, 0.1) is 19.7 Å². The van der Waals surface area contributed by atoms with E-state index in [1.54, 1.807) is 0 Å². The molecule has 1 fully saturated rings. The second-order valence-electron chi connectivity index (χ2n) is 4.21. The van der Waals surface area contributed by atoms with Crippen molar-refractivity contribution in [3.63, 3.8) is 0 Å². The Hall–Kier alpha value is -2.00. The largest absolute Gasteiger partial charge is 0.481 e. The van der Waals surface area contributed by atoms with Gasteiger partial charge in [0.15, 0.2) is 0 Å². The molecule has 1 aliphatic heterocycles. The van der Waals surface area contributed by atoms with Crippen LogP contribution in [0.4, 0.5) is 0 Å². The molecule has 0 aliphatic carbocycles. The van der Waals surface area contributed by atoms with E-state index in [4.69, 9.17) is 4.74 Å². The predicted octanol–water partition coefficient (Wildman–Crippen LogP) is -0.874. The summed E-state index contributed by atoms with van der Waals surface area (Å²) in [5.74, 6) is -0.716. The minimum atomic E-state index is -3.92. The minimum absolute atomic E-state index is 0.104. The van der Waals surface area contributed by atoms with Crippen LogP contribution in [-0.2, 0) is 19.6 Å². The molecule has 1 aromatic heterocycles. The molecular weight excluding hydrogens is 286 g/mol. The summed E-state index contributed by atoms with van der Waals surface area (Å²) in [4.78, 5) is 27.6. The molecule has 8 nitrogen and oxygen atoms in total. The Bertz CT molecular complexity index is 641. The fourth-order valence-electron chi connectivity index (χ4n) is 1.75. The molecule has 0 aromatic carbocycles. The maximum atomic E-state index is 12.1. The molecule has 0 spiro atoms. The van der Waals surface area contributed by atoms with E-state index in [9.17, 15) is 18.0 Å². The number of rotatable bonds is 4. The van der Waals surface area contributed by atoms with Gasteiger partial charge in [0.25, 0.3) is 0 Å². The molecule has 2 rings (SSSR count). The lowest BCUT2D eigenvalue weighted by atomic mass is 10.3. The van der Waals surface area contributed by atoms with E-state index in [0.29, 0.717) is 0 Å². The van der Waals surface area contributed by atoms with Gasteiger partial charge in [-0.3, -0.25) is 14.5 Å². The molecule has 1 saturated heterocycles. The van der Waals surface area contributed by atoms with Crippen molar-refractivity contribution in [3.8, 4) is 5.88 Å². The van der Waals surface area contributed by atoms with Crippen LogP contribution >= 0.6 is 0 Å². The summed E-state index contributed by atoms with van der Waals surface area (Å²) in [6, 6.07) is 1.63. The van der Waals surface area contributed by atoms with Gasteiger partial charge in [-0.15, -0.1) is 0 Å². The van der Waals surface area contributed by atoms with Gasteiger partial charge in [-0.1, -0.05) is 0 Å². The fraction of sp³-hybridized carbons (Fsp3) is 0.364. The third-order valence-corrected chi connectivity index (χ3v) is 4.36. The van der Waals surface area contributed by atoms with Gasteiger partial charge in [-0.05, 0) is 6.07 Å². The lowest BCUT2D eigenvalue weighted by Crippen LogP contribution is -2.40. The van der Waals surface area contributed by atoms with Crippen LogP contribution in [0.5, 0.6) is 5.88 Å². The topological polar surface area (TPSA) is 106 Å². The number of aromatic nitrogens is 1. The van der Waals surface area contributed by atoms with Crippen LogP contribution < -0.4 is 9.46 Å². The first-order chi connectivity index (χ1) is 9.35. The highest BCUT2D eigenvalue weighted by Gasteiger charge is 2.38. The molecule has 0 radical (unpaired) electrons. The van der Waals surface area contributed by atoms with Gasteiger partial charge in [0.2, 0.25) is 27.7 Å². The number of likely N-dealkylation sites (tertiary alicyclic amines) is 1. The first-order valence-corrected chi connectivity index (χ1v) is 7.16. The molecule has 1 aliphatic rings. The quantitative estimate of drug-likeness (QED) is 0.724. The molecular formula is C11H13N3O5S. The minimum Gasteiger partial charge on any atom is -0.481 e. The van der Waals surface area contributed by atoms with Crippen LogP contribution in [0, 0.1) is 0 Å². The number of likely N-dealkylation sites (N-methyl/N-ethyl adjacent to an activating group) is 1. The Labute approximate surface area is 115 Å². The molecule has 0 saturated carbocycles. The maximum absolute atomic E-state index is 12.1. The zero-order valence-corrected chi connectivity index (χ0v) is 11.7. The Morgan fingerprint density at radius 3 is 2.55 bits per heavy atom. The van der Waals surface area contributed by atoms with E-state index in [1.807, 2.05) is 0 Å². The smallest absolute Gasteiger partial charge is 0.247 e. The first kappa shape index (κ1) is 14.4. The molecule has 2 amide bonds. The van der Waals surface area contributed by atoms with Crippen molar-refractivity contribution in [2.75, 3.05) is 14.2 Å². The Morgan fingerprint density at radius 1 is 1.40 bits per heavy atom. The number of hydrogen-bond acceptors (Lipinski definition) is 6. The summed E-state index contributed by atoms with van der Waals surface area (Å²) < 4.78 is 31.2. The Kier molecular flexibility index (Phi) is 3.73. The van der Waals surface area contributed by atoms with Crippen LogP contribution in [0.2, 0.25) is 0 Å². The Balaban J connectivity index is 2.19. The van der Waals surface area contributed by atoms with Gasteiger partial charge in [-0.2, -0.15) is 4.72 Å². The van der Waals surface area contributed by atoms with Crippen molar-refractivity contribution in [1.29, 1.82) is 0 Å². The molecule has 1 atom stereocenters. The van der Waals surface area contributed by atoms with E-state index < -0.39 is 27.9 Å². The van der Waals surface area contributed by atoms with Crippen molar-refractivity contribution in [1.82, 2.24) is 14.6 Å². The molecule has 2 heterocycles. The van der Waals surface area contributed by atoms with Crippen LogP contribution in [0.15, 0.2) is 23.2 Å². The molecule has 1 aromatic rings. The zero-order valence-electron chi connectivity index (χ0n) is 10.9. The number of nitrogens with one attached hydrogen (secondary N) is 1. The number of hydrogen-bond donors (Lipinski definition) is 1. The molecule has 20 heavy (non-hydrogen) atoms. The summed E-state index contributed by atoms with van der Waals surface area (Å²) in [6.45, 7) is 0. The normalized spacial score (nSPS) is 19.5. The number of carbonyl (C=O) groups excluding carboxylic acids is 2.